The zero-order chi connectivity index (χ0) is 12.3. The number of Topliss-reactive ketones (excluding diaryl/α,β-unsaturated/α-hetero) is 1. The number of ketones is 1. The molecule has 1 aromatic carbocycles. The van der Waals surface area contributed by atoms with E-state index < -0.39 is 0 Å². The summed E-state index contributed by atoms with van der Waals surface area (Å²) >= 11 is 12.1. The minimum Gasteiger partial charge on any atom is -0.314 e. The van der Waals surface area contributed by atoms with Crippen LogP contribution >= 0.6 is 23.2 Å². The molecule has 0 bridgehead atoms. The lowest BCUT2D eigenvalue weighted by Crippen LogP contribution is -2.25. The van der Waals surface area contributed by atoms with Crippen LogP contribution in [0.5, 0.6) is 0 Å². The molecular formula is C13H15Cl2NO. The van der Waals surface area contributed by atoms with Gasteiger partial charge in [0.1, 0.15) is 5.78 Å². The van der Waals surface area contributed by atoms with E-state index in [2.05, 4.69) is 5.32 Å². The smallest absolute Gasteiger partial charge is 0.138 e. The highest BCUT2D eigenvalue weighted by atomic mass is 35.5. The average Bonchev–Trinajstić information content (AvgIpc) is 2.76. The summed E-state index contributed by atoms with van der Waals surface area (Å²) in [4.78, 5) is 11.9. The highest BCUT2D eigenvalue weighted by molar-refractivity contribution is 6.36. The molecule has 0 saturated carbocycles. The molecule has 1 aromatic rings. The van der Waals surface area contributed by atoms with Crippen molar-refractivity contribution in [2.75, 3.05) is 6.54 Å². The summed E-state index contributed by atoms with van der Waals surface area (Å²) in [6.45, 7) is 1.02. The van der Waals surface area contributed by atoms with Gasteiger partial charge in [0.2, 0.25) is 0 Å². The minimum atomic E-state index is 0.194. The molecule has 1 saturated heterocycles. The molecule has 0 spiro atoms. The molecule has 0 aromatic heterocycles. The van der Waals surface area contributed by atoms with Gasteiger partial charge < -0.3 is 5.32 Å². The van der Waals surface area contributed by atoms with E-state index in [1.54, 1.807) is 18.2 Å². The summed E-state index contributed by atoms with van der Waals surface area (Å²) in [5.41, 5.74) is 0.749. The molecule has 1 aliphatic rings. The fourth-order valence-electron chi connectivity index (χ4n) is 2.18. The third kappa shape index (κ3) is 3.44. The third-order valence-electron chi connectivity index (χ3n) is 3.07. The van der Waals surface area contributed by atoms with Crippen molar-refractivity contribution in [3.63, 3.8) is 0 Å². The molecule has 1 unspecified atom stereocenters. The second kappa shape index (κ2) is 5.85. The molecule has 1 N–H and O–H groups in total. The Morgan fingerprint density at radius 3 is 2.65 bits per heavy atom. The van der Waals surface area contributed by atoms with E-state index in [0.29, 0.717) is 28.9 Å². The molecule has 0 amide bonds. The van der Waals surface area contributed by atoms with Crippen LogP contribution in [0.25, 0.3) is 0 Å². The van der Waals surface area contributed by atoms with Crippen LogP contribution in [0, 0.1) is 0 Å². The van der Waals surface area contributed by atoms with Gasteiger partial charge in [-0.1, -0.05) is 29.3 Å². The second-order valence-electron chi connectivity index (χ2n) is 4.41. The Bertz CT molecular complexity index is 394. The normalized spacial score (nSPS) is 19.5. The maximum atomic E-state index is 11.9. The number of rotatable bonds is 4. The summed E-state index contributed by atoms with van der Waals surface area (Å²) in [7, 11) is 0. The predicted molar refractivity (Wildman–Crippen MR) is 70.8 cm³/mol. The molecule has 1 aliphatic heterocycles. The highest BCUT2D eigenvalue weighted by Gasteiger charge is 2.19. The number of halogens is 2. The van der Waals surface area contributed by atoms with Crippen molar-refractivity contribution in [1.29, 1.82) is 0 Å². The zero-order valence-electron chi connectivity index (χ0n) is 9.51. The molecule has 2 rings (SSSR count). The van der Waals surface area contributed by atoms with Crippen molar-refractivity contribution in [2.45, 2.75) is 31.7 Å². The maximum absolute atomic E-state index is 11.9. The van der Waals surface area contributed by atoms with Gasteiger partial charge in [-0.3, -0.25) is 4.79 Å². The van der Waals surface area contributed by atoms with Crippen LogP contribution in [-0.4, -0.2) is 18.4 Å². The molecule has 2 nitrogen and oxygen atoms in total. The standard InChI is InChI=1S/C13H15Cl2NO/c14-12-4-1-5-13(15)11(12)8-10(17)7-9-3-2-6-16-9/h1,4-5,9,16H,2-3,6-8H2. The second-order valence-corrected chi connectivity index (χ2v) is 5.23. The number of hydrogen-bond acceptors (Lipinski definition) is 2. The summed E-state index contributed by atoms with van der Waals surface area (Å²) in [6, 6.07) is 5.66. The van der Waals surface area contributed by atoms with Crippen molar-refractivity contribution in [3.05, 3.63) is 33.8 Å². The molecular weight excluding hydrogens is 257 g/mol. The third-order valence-corrected chi connectivity index (χ3v) is 3.78. The van der Waals surface area contributed by atoms with E-state index in [9.17, 15) is 4.79 Å². The number of carbonyl (C=O) groups is 1. The largest absolute Gasteiger partial charge is 0.314 e. The Kier molecular flexibility index (Phi) is 4.43. The molecule has 1 fully saturated rings. The van der Waals surface area contributed by atoms with Gasteiger partial charge in [-0.05, 0) is 37.1 Å². The predicted octanol–water partition coefficient (Wildman–Crippen LogP) is 3.25. The van der Waals surface area contributed by atoms with Gasteiger partial charge in [0.05, 0.1) is 0 Å². The lowest BCUT2D eigenvalue weighted by molar-refractivity contribution is -0.118. The summed E-state index contributed by atoms with van der Waals surface area (Å²) in [6.07, 6.45) is 3.14. The summed E-state index contributed by atoms with van der Waals surface area (Å²) < 4.78 is 0. The fourth-order valence-corrected chi connectivity index (χ4v) is 2.71. The minimum absolute atomic E-state index is 0.194. The Balaban J connectivity index is 1.97. The average molecular weight is 272 g/mol. The monoisotopic (exact) mass is 271 g/mol. The van der Waals surface area contributed by atoms with E-state index in [0.717, 1.165) is 24.9 Å². The van der Waals surface area contributed by atoms with E-state index in [4.69, 9.17) is 23.2 Å². The first kappa shape index (κ1) is 12.9. The highest BCUT2D eigenvalue weighted by Crippen LogP contribution is 2.25. The Morgan fingerprint density at radius 1 is 1.35 bits per heavy atom. The van der Waals surface area contributed by atoms with E-state index in [-0.39, 0.29) is 5.78 Å². The van der Waals surface area contributed by atoms with E-state index in [1.165, 1.54) is 0 Å². The lowest BCUT2D eigenvalue weighted by atomic mass is 10.0. The van der Waals surface area contributed by atoms with Crippen LogP contribution in [0.1, 0.15) is 24.8 Å². The first-order valence-corrected chi connectivity index (χ1v) is 6.60. The Hall–Kier alpha value is -0.570. The number of benzene rings is 1. The summed E-state index contributed by atoms with van der Waals surface area (Å²) in [5.74, 6) is 0.194. The van der Waals surface area contributed by atoms with Gasteiger partial charge in [-0.2, -0.15) is 0 Å². The fraction of sp³-hybridized carbons (Fsp3) is 0.462. The van der Waals surface area contributed by atoms with Crippen LogP contribution in [-0.2, 0) is 11.2 Å². The SMILES string of the molecule is O=C(Cc1c(Cl)cccc1Cl)CC1CCCN1. The van der Waals surface area contributed by atoms with Gasteiger partial charge >= 0.3 is 0 Å². The Labute approximate surface area is 111 Å². The van der Waals surface area contributed by atoms with Gasteiger partial charge in [0.25, 0.3) is 0 Å². The molecule has 1 heterocycles. The van der Waals surface area contributed by atoms with Crippen LogP contribution in [0.15, 0.2) is 18.2 Å². The van der Waals surface area contributed by atoms with Gasteiger partial charge in [-0.25, -0.2) is 0 Å². The molecule has 0 radical (unpaired) electrons. The summed E-state index contributed by atoms with van der Waals surface area (Å²) in [5, 5.41) is 4.46. The van der Waals surface area contributed by atoms with Crippen LogP contribution in [0.3, 0.4) is 0 Å². The zero-order valence-corrected chi connectivity index (χ0v) is 11.0. The van der Waals surface area contributed by atoms with E-state index >= 15 is 0 Å². The van der Waals surface area contributed by atoms with Crippen molar-refractivity contribution in [2.24, 2.45) is 0 Å². The van der Waals surface area contributed by atoms with Gasteiger partial charge in [0.15, 0.2) is 0 Å². The van der Waals surface area contributed by atoms with Crippen LogP contribution < -0.4 is 5.32 Å². The van der Waals surface area contributed by atoms with Crippen molar-refractivity contribution >= 4 is 29.0 Å². The molecule has 4 heteroatoms. The number of carbonyl (C=O) groups excluding carboxylic acids is 1. The van der Waals surface area contributed by atoms with Crippen LogP contribution in [0.2, 0.25) is 10.0 Å². The van der Waals surface area contributed by atoms with Crippen LogP contribution in [0.4, 0.5) is 0 Å². The van der Waals surface area contributed by atoms with Gasteiger partial charge in [-0.15, -0.1) is 0 Å². The Morgan fingerprint density at radius 2 is 2.06 bits per heavy atom. The maximum Gasteiger partial charge on any atom is 0.138 e. The molecule has 1 atom stereocenters. The van der Waals surface area contributed by atoms with Crippen molar-refractivity contribution in [3.8, 4) is 0 Å². The van der Waals surface area contributed by atoms with E-state index in [1.807, 2.05) is 0 Å². The first-order chi connectivity index (χ1) is 8.16. The molecule has 17 heavy (non-hydrogen) atoms. The number of hydrogen-bond donors (Lipinski definition) is 1. The lowest BCUT2D eigenvalue weighted by Gasteiger charge is -2.10. The topological polar surface area (TPSA) is 29.1 Å². The quantitative estimate of drug-likeness (QED) is 0.911. The van der Waals surface area contributed by atoms with Crippen molar-refractivity contribution in [1.82, 2.24) is 5.32 Å². The molecule has 0 aliphatic carbocycles. The number of nitrogens with one attached hydrogen (secondary N) is 1. The molecule has 92 valence electrons. The first-order valence-electron chi connectivity index (χ1n) is 5.85. The van der Waals surface area contributed by atoms with Crippen molar-refractivity contribution < 1.29 is 4.79 Å². The van der Waals surface area contributed by atoms with Gasteiger partial charge in [0, 0.05) is 28.9 Å².